The number of aryl methyl sites for hydroxylation is 1. The van der Waals surface area contributed by atoms with Crippen molar-refractivity contribution in [1.29, 1.82) is 0 Å². The molecule has 8 heteroatoms. The summed E-state index contributed by atoms with van der Waals surface area (Å²) in [7, 11) is 1.94. The maximum absolute atomic E-state index is 13.4. The topological polar surface area (TPSA) is 52.2 Å². The van der Waals surface area contributed by atoms with Gasteiger partial charge < -0.3 is 4.57 Å². The van der Waals surface area contributed by atoms with E-state index in [2.05, 4.69) is 10.1 Å². The van der Waals surface area contributed by atoms with Gasteiger partial charge >= 0.3 is 6.18 Å². The molecule has 2 aromatic heterocycles. The van der Waals surface area contributed by atoms with Gasteiger partial charge in [0, 0.05) is 34.8 Å². The van der Waals surface area contributed by atoms with Crippen LogP contribution in [0, 0.1) is 6.92 Å². The fourth-order valence-corrected chi connectivity index (χ4v) is 4.08. The monoisotopic (exact) mass is 460 g/mol. The Bertz CT molecular complexity index is 1640. The smallest absolute Gasteiger partial charge is 0.347 e. The zero-order valence-corrected chi connectivity index (χ0v) is 18.3. The van der Waals surface area contributed by atoms with Crippen LogP contribution in [0.1, 0.15) is 16.8 Å². The van der Waals surface area contributed by atoms with Crippen LogP contribution >= 0.6 is 0 Å². The van der Waals surface area contributed by atoms with Crippen LogP contribution in [0.2, 0.25) is 0 Å². The Balaban J connectivity index is 1.76. The first-order chi connectivity index (χ1) is 16.3. The number of halogens is 3. The van der Waals surface area contributed by atoms with Crippen molar-refractivity contribution < 1.29 is 13.2 Å². The molecule has 0 radical (unpaired) electrons. The Hall–Kier alpha value is -4.20. The molecule has 170 valence electrons. The standard InChI is InChI=1S/C26H19F3N4O/c1-16-21(19-10-4-6-13-23(19)32(16)2)15-30-33-24(17-8-7-9-18(14-17)26(27,28)29)31-22-12-5-3-11-20(22)25(33)34/h3-15H,1-2H3. The molecule has 3 aromatic carbocycles. The lowest BCUT2D eigenvalue weighted by atomic mass is 10.1. The Labute approximate surface area is 192 Å². The Morgan fingerprint density at radius 3 is 2.41 bits per heavy atom. The van der Waals surface area contributed by atoms with Crippen molar-refractivity contribution in [1.82, 2.24) is 14.2 Å². The second kappa shape index (κ2) is 7.98. The van der Waals surface area contributed by atoms with Crippen LogP contribution in [0.4, 0.5) is 13.2 Å². The molecule has 0 aliphatic heterocycles. The Morgan fingerprint density at radius 1 is 0.941 bits per heavy atom. The van der Waals surface area contributed by atoms with E-state index in [0.29, 0.717) is 10.9 Å². The lowest BCUT2D eigenvalue weighted by Crippen LogP contribution is -2.20. The normalized spacial score (nSPS) is 12.3. The summed E-state index contributed by atoms with van der Waals surface area (Å²) in [4.78, 5) is 17.9. The highest BCUT2D eigenvalue weighted by Crippen LogP contribution is 2.32. The number of fused-ring (bicyclic) bond motifs is 2. The minimum atomic E-state index is -4.53. The summed E-state index contributed by atoms with van der Waals surface area (Å²) in [6, 6.07) is 19.2. The second-order valence-electron chi connectivity index (χ2n) is 7.97. The number of benzene rings is 3. The molecule has 5 aromatic rings. The van der Waals surface area contributed by atoms with Crippen molar-refractivity contribution in [2.45, 2.75) is 13.1 Å². The molecule has 0 atom stereocenters. The third-order valence-corrected chi connectivity index (χ3v) is 5.95. The van der Waals surface area contributed by atoms with E-state index in [-0.39, 0.29) is 11.4 Å². The van der Waals surface area contributed by atoms with Gasteiger partial charge in [-0.05, 0) is 37.3 Å². The molecule has 0 aliphatic carbocycles. The summed E-state index contributed by atoms with van der Waals surface area (Å²) in [5.41, 5.74) is 1.99. The second-order valence-corrected chi connectivity index (χ2v) is 7.97. The first-order valence-electron chi connectivity index (χ1n) is 10.5. The van der Waals surface area contributed by atoms with Gasteiger partial charge in [0.05, 0.1) is 22.7 Å². The highest BCUT2D eigenvalue weighted by atomic mass is 19.4. The molecule has 0 aliphatic rings. The molecule has 0 bridgehead atoms. The molecule has 0 saturated heterocycles. The summed E-state index contributed by atoms with van der Waals surface area (Å²) in [6.45, 7) is 1.94. The van der Waals surface area contributed by atoms with Crippen LogP contribution in [-0.2, 0) is 13.2 Å². The first-order valence-corrected chi connectivity index (χ1v) is 10.5. The molecule has 34 heavy (non-hydrogen) atoms. The number of aromatic nitrogens is 3. The van der Waals surface area contributed by atoms with Crippen LogP contribution in [0.25, 0.3) is 33.2 Å². The molecule has 5 nitrogen and oxygen atoms in total. The highest BCUT2D eigenvalue weighted by molar-refractivity contribution is 6.01. The fraction of sp³-hybridized carbons (Fsp3) is 0.115. The summed E-state index contributed by atoms with van der Waals surface area (Å²) in [5.74, 6) is 0.0314. The van der Waals surface area contributed by atoms with Crippen LogP contribution in [0.5, 0.6) is 0 Å². The van der Waals surface area contributed by atoms with Crippen molar-refractivity contribution >= 4 is 28.0 Å². The van der Waals surface area contributed by atoms with Gasteiger partial charge in [0.2, 0.25) is 0 Å². The molecule has 0 amide bonds. The summed E-state index contributed by atoms with van der Waals surface area (Å²) in [6.07, 6.45) is -2.96. The highest BCUT2D eigenvalue weighted by Gasteiger charge is 2.31. The van der Waals surface area contributed by atoms with Crippen molar-refractivity contribution in [3.63, 3.8) is 0 Å². The zero-order valence-electron chi connectivity index (χ0n) is 18.3. The number of para-hydroxylation sites is 2. The molecule has 2 heterocycles. The minimum Gasteiger partial charge on any atom is -0.347 e. The van der Waals surface area contributed by atoms with E-state index < -0.39 is 17.3 Å². The number of alkyl halides is 3. The SMILES string of the molecule is Cc1c(C=Nn2c(-c3cccc(C(F)(F)F)c3)nc3ccccc3c2=O)c2ccccc2n1C. The van der Waals surface area contributed by atoms with E-state index >= 15 is 0 Å². The van der Waals surface area contributed by atoms with E-state index in [1.54, 1.807) is 30.5 Å². The van der Waals surface area contributed by atoms with Crippen LogP contribution < -0.4 is 5.56 Å². The van der Waals surface area contributed by atoms with E-state index in [9.17, 15) is 18.0 Å². The van der Waals surface area contributed by atoms with Gasteiger partial charge in [-0.25, -0.2) is 4.98 Å². The largest absolute Gasteiger partial charge is 0.416 e. The van der Waals surface area contributed by atoms with Crippen molar-refractivity contribution in [3.8, 4) is 11.4 Å². The molecular weight excluding hydrogens is 441 g/mol. The average molecular weight is 460 g/mol. The van der Waals surface area contributed by atoms with Gasteiger partial charge in [-0.1, -0.05) is 42.5 Å². The van der Waals surface area contributed by atoms with Crippen molar-refractivity contribution in [3.05, 3.63) is 100.0 Å². The number of hydrogen-bond donors (Lipinski definition) is 0. The summed E-state index contributed by atoms with van der Waals surface area (Å²) < 4.78 is 43.2. The lowest BCUT2D eigenvalue weighted by molar-refractivity contribution is -0.137. The lowest BCUT2D eigenvalue weighted by Gasteiger charge is -2.12. The van der Waals surface area contributed by atoms with E-state index in [1.165, 1.54) is 12.1 Å². The van der Waals surface area contributed by atoms with Gasteiger partial charge in [0.15, 0.2) is 5.82 Å². The summed E-state index contributed by atoms with van der Waals surface area (Å²) >= 11 is 0. The van der Waals surface area contributed by atoms with Gasteiger partial charge in [-0.15, -0.1) is 0 Å². The molecular formula is C26H19F3N4O. The average Bonchev–Trinajstić information content (AvgIpc) is 3.08. The molecule has 0 N–H and O–H groups in total. The third-order valence-electron chi connectivity index (χ3n) is 5.95. The van der Waals surface area contributed by atoms with Gasteiger partial charge in [0.25, 0.3) is 5.56 Å². The molecule has 0 spiro atoms. The van der Waals surface area contributed by atoms with Gasteiger partial charge in [-0.3, -0.25) is 4.79 Å². The fourth-order valence-electron chi connectivity index (χ4n) is 4.08. The molecule has 5 rings (SSSR count). The summed E-state index contributed by atoms with van der Waals surface area (Å²) in [5, 5.41) is 5.72. The van der Waals surface area contributed by atoms with E-state index in [1.807, 2.05) is 42.8 Å². The predicted molar refractivity (Wildman–Crippen MR) is 127 cm³/mol. The molecule has 0 saturated carbocycles. The van der Waals surface area contributed by atoms with Gasteiger partial charge in [-0.2, -0.15) is 22.9 Å². The van der Waals surface area contributed by atoms with E-state index in [4.69, 9.17) is 0 Å². The van der Waals surface area contributed by atoms with E-state index in [0.717, 1.165) is 39.0 Å². The molecule has 0 unspecified atom stereocenters. The van der Waals surface area contributed by atoms with Gasteiger partial charge in [0.1, 0.15) is 0 Å². The number of rotatable bonds is 3. The first kappa shape index (κ1) is 21.6. The maximum Gasteiger partial charge on any atom is 0.416 e. The Kier molecular flexibility index (Phi) is 5.08. The molecule has 0 fully saturated rings. The van der Waals surface area contributed by atoms with Crippen molar-refractivity contribution in [2.24, 2.45) is 12.1 Å². The minimum absolute atomic E-state index is 0.0314. The predicted octanol–water partition coefficient (Wildman–Crippen LogP) is 5.76. The zero-order chi connectivity index (χ0) is 24.0. The number of hydrogen-bond acceptors (Lipinski definition) is 3. The number of nitrogens with zero attached hydrogens (tertiary/aromatic N) is 4. The van der Waals surface area contributed by atoms with Crippen LogP contribution in [-0.4, -0.2) is 20.4 Å². The maximum atomic E-state index is 13.4. The van der Waals surface area contributed by atoms with Crippen molar-refractivity contribution in [2.75, 3.05) is 0 Å². The third kappa shape index (κ3) is 3.57. The Morgan fingerprint density at radius 2 is 1.65 bits per heavy atom. The van der Waals surface area contributed by atoms with Crippen LogP contribution in [0.3, 0.4) is 0 Å². The van der Waals surface area contributed by atoms with Crippen LogP contribution in [0.15, 0.2) is 82.7 Å². The quantitative estimate of drug-likeness (QED) is 0.321.